The Morgan fingerprint density at radius 1 is 1.00 bits per heavy atom. The highest BCUT2D eigenvalue weighted by Crippen LogP contribution is 2.37. The number of rotatable bonds is 4. The molecule has 3 nitrogen and oxygen atoms in total. The maximum atomic E-state index is 13.4. The van der Waals surface area contributed by atoms with Gasteiger partial charge in [0.1, 0.15) is 5.69 Å². The summed E-state index contributed by atoms with van der Waals surface area (Å²) in [6, 6.07) is 15.6. The Labute approximate surface area is 171 Å². The molecule has 0 N–H and O–H groups in total. The van der Waals surface area contributed by atoms with Crippen LogP contribution in [0.1, 0.15) is 60.6 Å². The molecule has 0 spiro atoms. The van der Waals surface area contributed by atoms with E-state index < -0.39 is 0 Å². The molecule has 5 rings (SSSR count). The standard InChI is InChI=1S/C24H28N2OS/c27-24(25-13-10-19(11-14-25)16-18-6-2-1-3-7-18)22-17-23-21(12-15-28-23)26(22)20-8-4-5-9-20/h1-3,6-7,12,15,17,19-20H,4-5,8-11,13-14,16H2. The van der Waals surface area contributed by atoms with Crippen LogP contribution in [0.15, 0.2) is 47.8 Å². The first-order chi connectivity index (χ1) is 13.8. The van der Waals surface area contributed by atoms with Crippen molar-refractivity contribution in [2.75, 3.05) is 13.1 Å². The summed E-state index contributed by atoms with van der Waals surface area (Å²) in [5.74, 6) is 0.935. The van der Waals surface area contributed by atoms with Gasteiger partial charge in [0.15, 0.2) is 0 Å². The minimum Gasteiger partial charge on any atom is -0.337 e. The molecule has 0 unspecified atom stereocenters. The second-order valence-electron chi connectivity index (χ2n) is 8.43. The van der Waals surface area contributed by atoms with E-state index in [1.807, 2.05) is 0 Å². The molecule has 0 radical (unpaired) electrons. The summed E-state index contributed by atoms with van der Waals surface area (Å²) in [6.45, 7) is 1.78. The lowest BCUT2D eigenvalue weighted by Gasteiger charge is -2.32. The number of benzene rings is 1. The third kappa shape index (κ3) is 3.39. The lowest BCUT2D eigenvalue weighted by molar-refractivity contribution is 0.0678. The van der Waals surface area contributed by atoms with E-state index in [0.29, 0.717) is 12.0 Å². The highest BCUT2D eigenvalue weighted by Gasteiger charge is 2.29. The normalized spacial score (nSPS) is 18.9. The molecule has 3 heterocycles. The zero-order valence-electron chi connectivity index (χ0n) is 16.3. The van der Waals surface area contributed by atoms with Crippen molar-refractivity contribution in [3.05, 3.63) is 59.1 Å². The summed E-state index contributed by atoms with van der Waals surface area (Å²) in [6.07, 6.45) is 8.34. The molecule has 1 saturated carbocycles. The Morgan fingerprint density at radius 2 is 1.75 bits per heavy atom. The van der Waals surface area contributed by atoms with Gasteiger partial charge in [-0.15, -0.1) is 11.3 Å². The van der Waals surface area contributed by atoms with Crippen LogP contribution in [0.4, 0.5) is 0 Å². The maximum Gasteiger partial charge on any atom is 0.270 e. The first kappa shape index (κ1) is 18.0. The number of aromatic nitrogens is 1. The predicted molar refractivity (Wildman–Crippen MR) is 116 cm³/mol. The molecule has 2 aromatic heterocycles. The average Bonchev–Trinajstić information content (AvgIpc) is 3.46. The van der Waals surface area contributed by atoms with Crippen LogP contribution < -0.4 is 0 Å². The molecule has 4 heteroatoms. The van der Waals surface area contributed by atoms with E-state index in [1.54, 1.807) is 11.3 Å². The molecule has 0 atom stereocenters. The summed E-state index contributed by atoms with van der Waals surface area (Å²) < 4.78 is 3.63. The maximum absolute atomic E-state index is 13.4. The number of carbonyl (C=O) groups excluding carboxylic acids is 1. The topological polar surface area (TPSA) is 25.2 Å². The van der Waals surface area contributed by atoms with Crippen molar-refractivity contribution in [3.8, 4) is 0 Å². The summed E-state index contributed by atoms with van der Waals surface area (Å²) >= 11 is 1.76. The minimum absolute atomic E-state index is 0.244. The van der Waals surface area contributed by atoms with Gasteiger partial charge in [-0.1, -0.05) is 43.2 Å². The Hall–Kier alpha value is -2.07. The van der Waals surface area contributed by atoms with Crippen molar-refractivity contribution < 1.29 is 4.79 Å². The van der Waals surface area contributed by atoms with Crippen molar-refractivity contribution in [3.63, 3.8) is 0 Å². The molecule has 1 saturated heterocycles. The highest BCUT2D eigenvalue weighted by molar-refractivity contribution is 7.17. The highest BCUT2D eigenvalue weighted by atomic mass is 32.1. The number of carbonyl (C=O) groups is 1. The van der Waals surface area contributed by atoms with Gasteiger partial charge in [0, 0.05) is 19.1 Å². The van der Waals surface area contributed by atoms with E-state index in [0.717, 1.165) is 38.0 Å². The van der Waals surface area contributed by atoms with E-state index in [4.69, 9.17) is 0 Å². The van der Waals surface area contributed by atoms with Crippen LogP contribution in [0.3, 0.4) is 0 Å². The number of likely N-dealkylation sites (tertiary alicyclic amines) is 1. The van der Waals surface area contributed by atoms with Crippen LogP contribution in [0.5, 0.6) is 0 Å². The molecular formula is C24H28N2OS. The third-order valence-electron chi connectivity index (χ3n) is 6.64. The molecule has 146 valence electrons. The van der Waals surface area contributed by atoms with Gasteiger partial charge in [0.05, 0.1) is 10.2 Å². The second-order valence-corrected chi connectivity index (χ2v) is 9.38. The van der Waals surface area contributed by atoms with Gasteiger partial charge in [-0.2, -0.15) is 0 Å². The van der Waals surface area contributed by atoms with E-state index >= 15 is 0 Å². The van der Waals surface area contributed by atoms with E-state index in [9.17, 15) is 4.79 Å². The lowest BCUT2D eigenvalue weighted by atomic mass is 9.90. The van der Waals surface area contributed by atoms with E-state index in [-0.39, 0.29) is 5.91 Å². The fourth-order valence-electron chi connectivity index (χ4n) is 5.11. The summed E-state index contributed by atoms with van der Waals surface area (Å²) in [7, 11) is 0. The third-order valence-corrected chi connectivity index (χ3v) is 7.49. The van der Waals surface area contributed by atoms with Crippen LogP contribution in [0.2, 0.25) is 0 Å². The molecule has 1 amide bonds. The average molecular weight is 393 g/mol. The fraction of sp³-hybridized carbons (Fsp3) is 0.458. The Bertz CT molecular complexity index is 944. The van der Waals surface area contributed by atoms with Crippen molar-refractivity contribution in [2.24, 2.45) is 5.92 Å². The fourth-order valence-corrected chi connectivity index (χ4v) is 5.93. The zero-order valence-corrected chi connectivity index (χ0v) is 17.2. The number of thiophene rings is 1. The van der Waals surface area contributed by atoms with Gasteiger partial charge < -0.3 is 9.47 Å². The van der Waals surface area contributed by atoms with Gasteiger partial charge in [-0.05, 0) is 61.1 Å². The number of piperidine rings is 1. The first-order valence-electron chi connectivity index (χ1n) is 10.7. The Balaban J connectivity index is 1.31. The summed E-state index contributed by atoms with van der Waals surface area (Å²) in [5.41, 5.74) is 3.61. The molecule has 1 aliphatic carbocycles. The van der Waals surface area contributed by atoms with Crippen molar-refractivity contribution in [2.45, 2.75) is 51.0 Å². The SMILES string of the molecule is O=C(c1cc2sccc2n1C1CCCC1)N1CCC(Cc2ccccc2)CC1. The number of fused-ring (bicyclic) bond motifs is 1. The van der Waals surface area contributed by atoms with Gasteiger partial charge in [0.25, 0.3) is 5.91 Å². The Kier molecular flexibility index (Phi) is 4.98. The van der Waals surface area contributed by atoms with Gasteiger partial charge >= 0.3 is 0 Å². The molecule has 28 heavy (non-hydrogen) atoms. The number of hydrogen-bond donors (Lipinski definition) is 0. The molecule has 1 aromatic carbocycles. The monoisotopic (exact) mass is 392 g/mol. The predicted octanol–water partition coefficient (Wildman–Crippen LogP) is 5.91. The van der Waals surface area contributed by atoms with Gasteiger partial charge in [0.2, 0.25) is 0 Å². The molecular weight excluding hydrogens is 364 g/mol. The van der Waals surface area contributed by atoms with E-state index in [1.165, 1.54) is 41.5 Å². The largest absolute Gasteiger partial charge is 0.337 e. The van der Waals surface area contributed by atoms with Crippen LogP contribution in [0, 0.1) is 5.92 Å². The first-order valence-corrected chi connectivity index (χ1v) is 11.6. The van der Waals surface area contributed by atoms with Crippen molar-refractivity contribution >= 4 is 27.5 Å². The molecule has 2 fully saturated rings. The van der Waals surface area contributed by atoms with E-state index in [2.05, 4.69) is 57.3 Å². The number of hydrogen-bond acceptors (Lipinski definition) is 2. The van der Waals surface area contributed by atoms with Gasteiger partial charge in [-0.3, -0.25) is 4.79 Å². The molecule has 2 aliphatic rings. The zero-order chi connectivity index (χ0) is 18.9. The summed E-state index contributed by atoms with van der Waals surface area (Å²) in [5, 5.41) is 2.15. The van der Waals surface area contributed by atoms with Crippen LogP contribution in [-0.4, -0.2) is 28.5 Å². The number of nitrogens with zero attached hydrogens (tertiary/aromatic N) is 2. The number of amides is 1. The molecule has 1 aliphatic heterocycles. The van der Waals surface area contributed by atoms with Gasteiger partial charge in [-0.25, -0.2) is 0 Å². The van der Waals surface area contributed by atoms with Crippen LogP contribution >= 0.6 is 11.3 Å². The smallest absolute Gasteiger partial charge is 0.270 e. The second kappa shape index (κ2) is 7.75. The van der Waals surface area contributed by atoms with Crippen molar-refractivity contribution in [1.29, 1.82) is 0 Å². The van der Waals surface area contributed by atoms with Crippen LogP contribution in [0.25, 0.3) is 10.2 Å². The molecule has 0 bridgehead atoms. The Morgan fingerprint density at radius 3 is 2.50 bits per heavy atom. The molecule has 3 aromatic rings. The quantitative estimate of drug-likeness (QED) is 0.541. The lowest BCUT2D eigenvalue weighted by Crippen LogP contribution is -2.40. The minimum atomic E-state index is 0.244. The van der Waals surface area contributed by atoms with Crippen molar-refractivity contribution in [1.82, 2.24) is 9.47 Å². The summed E-state index contributed by atoms with van der Waals surface area (Å²) in [4.78, 5) is 15.5. The van der Waals surface area contributed by atoms with Crippen LogP contribution in [-0.2, 0) is 6.42 Å².